The molecule has 0 amide bonds. The molecule has 4 aromatic carbocycles. The van der Waals surface area contributed by atoms with Crippen LogP contribution in [0.2, 0.25) is 0 Å². The molecule has 1 aliphatic carbocycles. The normalized spacial score (nSPS) is 16.3. The molecule has 1 aliphatic heterocycles. The van der Waals surface area contributed by atoms with E-state index in [-0.39, 0.29) is 3.63 Å². The van der Waals surface area contributed by atoms with E-state index in [1.807, 2.05) is 0 Å². The zero-order valence-electron chi connectivity index (χ0n) is 26.7. The third-order valence-electron chi connectivity index (χ3n) is 9.68. The van der Waals surface area contributed by atoms with Gasteiger partial charge in [0.25, 0.3) is 0 Å². The van der Waals surface area contributed by atoms with Crippen molar-refractivity contribution < 1.29 is 17.9 Å². The SMILES string of the molecule is CCCc1ccc2c(c1-c1cc(C(C)C)cc(C(C)C)c1)C=C(C(C)C)[CH]2[Zr]([Cl])([Cl])[c]1cccc2c1[SiH2]c1ccccc1-2. The number of hydrogen-bond acceptors (Lipinski definition) is 0. The maximum atomic E-state index is 7.95. The molecule has 4 aromatic rings. The van der Waals surface area contributed by atoms with Crippen molar-refractivity contribution in [2.75, 3.05) is 0 Å². The van der Waals surface area contributed by atoms with Crippen LogP contribution in [0.5, 0.6) is 0 Å². The molecule has 0 aromatic heterocycles. The Balaban J connectivity index is 1.56. The molecule has 43 heavy (non-hydrogen) atoms. The van der Waals surface area contributed by atoms with Gasteiger partial charge in [-0.2, -0.15) is 0 Å². The fourth-order valence-electron chi connectivity index (χ4n) is 7.35. The van der Waals surface area contributed by atoms with Gasteiger partial charge in [-0.15, -0.1) is 0 Å². The quantitative estimate of drug-likeness (QED) is 0.141. The zero-order valence-corrected chi connectivity index (χ0v) is 32.1. The summed E-state index contributed by atoms with van der Waals surface area (Å²) in [6.07, 6.45) is 4.68. The molecule has 0 spiro atoms. The third kappa shape index (κ3) is 5.54. The molecule has 2 aliphatic rings. The second-order valence-electron chi connectivity index (χ2n) is 13.6. The first-order valence-corrected chi connectivity index (χ1v) is 26.5. The molecule has 0 radical (unpaired) electrons. The fraction of sp³-hybridized carbons (Fsp3) is 0.333. The van der Waals surface area contributed by atoms with Crippen LogP contribution in [0.25, 0.3) is 28.3 Å². The molecule has 6 rings (SSSR count). The average molecular weight is 703 g/mol. The van der Waals surface area contributed by atoms with Crippen LogP contribution in [0.4, 0.5) is 0 Å². The van der Waals surface area contributed by atoms with Crippen molar-refractivity contribution in [3.8, 4) is 22.3 Å². The van der Waals surface area contributed by atoms with E-state index in [1.54, 1.807) is 0 Å². The predicted molar refractivity (Wildman–Crippen MR) is 191 cm³/mol. The molecule has 1 heterocycles. The zero-order chi connectivity index (χ0) is 30.6. The number of halogens is 2. The van der Waals surface area contributed by atoms with Crippen molar-refractivity contribution in [3.63, 3.8) is 0 Å². The summed E-state index contributed by atoms with van der Waals surface area (Å²) in [5.74, 6) is 1.32. The van der Waals surface area contributed by atoms with Crippen molar-refractivity contribution in [2.24, 2.45) is 5.92 Å². The minimum absolute atomic E-state index is 0.101. The molecular formula is C39H44Cl2SiZr. The summed E-state index contributed by atoms with van der Waals surface area (Å²) in [6, 6.07) is 27.8. The molecule has 0 nitrogen and oxygen atoms in total. The van der Waals surface area contributed by atoms with E-state index >= 15 is 0 Å². The van der Waals surface area contributed by atoms with Gasteiger partial charge >= 0.3 is 275 Å². The summed E-state index contributed by atoms with van der Waals surface area (Å²) in [6.45, 7) is 16.2. The van der Waals surface area contributed by atoms with Crippen molar-refractivity contribution in [1.29, 1.82) is 0 Å². The Morgan fingerprint density at radius 3 is 2.09 bits per heavy atom. The van der Waals surface area contributed by atoms with Gasteiger partial charge in [0.15, 0.2) is 0 Å². The fourth-order valence-corrected chi connectivity index (χ4v) is 24.4. The Morgan fingerprint density at radius 2 is 1.44 bits per heavy atom. The summed E-state index contributed by atoms with van der Waals surface area (Å²) >= 11 is -4.02. The van der Waals surface area contributed by atoms with Gasteiger partial charge in [0.2, 0.25) is 0 Å². The third-order valence-corrected chi connectivity index (χ3v) is 23.9. The topological polar surface area (TPSA) is 0 Å². The van der Waals surface area contributed by atoms with Gasteiger partial charge in [0, 0.05) is 0 Å². The van der Waals surface area contributed by atoms with Gasteiger partial charge in [-0.3, -0.25) is 0 Å². The molecule has 0 N–H and O–H groups in total. The summed E-state index contributed by atoms with van der Waals surface area (Å²) in [7, 11) is 15.3. The van der Waals surface area contributed by atoms with E-state index < -0.39 is 27.4 Å². The molecule has 222 valence electrons. The Labute approximate surface area is 273 Å². The molecule has 0 fully saturated rings. The molecule has 0 saturated heterocycles. The van der Waals surface area contributed by atoms with E-state index in [1.165, 1.54) is 69.3 Å². The summed E-state index contributed by atoms with van der Waals surface area (Å²) in [5.41, 5.74) is 13.9. The summed E-state index contributed by atoms with van der Waals surface area (Å²) in [4.78, 5) is 0. The van der Waals surface area contributed by atoms with Crippen LogP contribution < -0.4 is 13.6 Å². The van der Waals surface area contributed by atoms with Crippen LogP contribution in [-0.2, 0) is 24.3 Å². The molecule has 1 atom stereocenters. The number of fused-ring (bicyclic) bond motifs is 4. The first-order chi connectivity index (χ1) is 20.5. The standard InChI is InChI=1S/C27H35.C12H9Si.2ClH.Zr/c1-8-9-20-10-11-21-12-24(19(6)7)16-26(21)27(20)25-14-22(17(2)3)13-23(15-25)18(4)5;1-3-7-11-9(5-1)10-6-2-4-8-12(10)13-11;;;/h10-19H,8-9H2,1-7H3;1-7H,13H2;2*1H;/q;;;;+2/p-2. The number of benzene rings is 4. The van der Waals surface area contributed by atoms with Crippen LogP contribution >= 0.6 is 17.0 Å². The van der Waals surface area contributed by atoms with Crippen molar-refractivity contribution in [1.82, 2.24) is 0 Å². The molecule has 4 heteroatoms. The van der Waals surface area contributed by atoms with Gasteiger partial charge in [0.1, 0.15) is 0 Å². The first-order valence-electron chi connectivity index (χ1n) is 16.1. The molecule has 1 unspecified atom stereocenters. The van der Waals surface area contributed by atoms with Crippen molar-refractivity contribution >= 4 is 46.3 Å². The Bertz CT molecular complexity index is 1700. The Hall–Kier alpha value is -1.70. The van der Waals surface area contributed by atoms with Gasteiger partial charge in [-0.25, -0.2) is 0 Å². The van der Waals surface area contributed by atoms with Gasteiger partial charge in [-0.05, 0) is 0 Å². The number of rotatable bonds is 8. The first kappa shape index (κ1) is 31.3. The van der Waals surface area contributed by atoms with Crippen LogP contribution in [0.15, 0.2) is 78.4 Å². The average Bonchev–Trinajstić information content (AvgIpc) is 3.56. The number of allylic oxidation sites excluding steroid dienone is 1. The predicted octanol–water partition coefficient (Wildman–Crippen LogP) is 9.53. The van der Waals surface area contributed by atoms with Crippen LogP contribution in [-0.4, -0.2) is 9.52 Å². The summed E-state index contributed by atoms with van der Waals surface area (Å²) < 4.78 is 1.41. The van der Waals surface area contributed by atoms with Crippen LogP contribution in [0, 0.1) is 5.92 Å². The van der Waals surface area contributed by atoms with E-state index in [2.05, 4.69) is 127 Å². The maximum absolute atomic E-state index is 7.95. The van der Waals surface area contributed by atoms with Crippen LogP contribution in [0.3, 0.4) is 0 Å². The van der Waals surface area contributed by atoms with Gasteiger partial charge in [-0.1, -0.05) is 0 Å². The molecule has 0 bridgehead atoms. The molecular weight excluding hydrogens is 659 g/mol. The molecule has 0 saturated carbocycles. The van der Waals surface area contributed by atoms with E-state index in [9.17, 15) is 0 Å². The minimum atomic E-state index is -4.02. The second kappa shape index (κ2) is 12.2. The van der Waals surface area contributed by atoms with E-state index in [4.69, 9.17) is 17.0 Å². The summed E-state index contributed by atoms with van der Waals surface area (Å²) in [5, 5.41) is 3.01. The number of hydrogen-bond donors (Lipinski definition) is 0. The van der Waals surface area contributed by atoms with E-state index in [0.29, 0.717) is 17.8 Å². The van der Waals surface area contributed by atoms with Crippen molar-refractivity contribution in [3.05, 3.63) is 106 Å². The Kier molecular flexibility index (Phi) is 8.91. The van der Waals surface area contributed by atoms with E-state index in [0.717, 1.165) is 12.8 Å². The number of aryl methyl sites for hydroxylation is 1. The second-order valence-corrected chi connectivity index (χ2v) is 29.4. The van der Waals surface area contributed by atoms with Crippen LogP contribution in [0.1, 0.15) is 98.2 Å². The Morgan fingerprint density at radius 1 is 0.767 bits per heavy atom. The van der Waals surface area contributed by atoms with Gasteiger partial charge < -0.3 is 0 Å². The van der Waals surface area contributed by atoms with Crippen molar-refractivity contribution in [2.45, 2.75) is 76.8 Å². The van der Waals surface area contributed by atoms with Gasteiger partial charge in [0.05, 0.1) is 0 Å². The monoisotopic (exact) mass is 700 g/mol.